The Morgan fingerprint density at radius 3 is 3.00 bits per heavy atom. The summed E-state index contributed by atoms with van der Waals surface area (Å²) in [4.78, 5) is 16.0. The van der Waals surface area contributed by atoms with Gasteiger partial charge < -0.3 is 15.4 Å². The molecule has 18 heavy (non-hydrogen) atoms. The largest absolute Gasteiger partial charge is 0.383 e. The third-order valence-electron chi connectivity index (χ3n) is 2.45. The Morgan fingerprint density at radius 2 is 2.28 bits per heavy atom. The Hall–Kier alpha value is -1.62. The van der Waals surface area contributed by atoms with Gasteiger partial charge in [0.15, 0.2) is 0 Å². The molecule has 0 radical (unpaired) electrons. The van der Waals surface area contributed by atoms with E-state index in [1.165, 1.54) is 0 Å². The molecule has 0 bridgehead atoms. The van der Waals surface area contributed by atoms with Crippen LogP contribution in [0.1, 0.15) is 30.1 Å². The molecule has 5 nitrogen and oxygen atoms in total. The average molecular weight is 251 g/mol. The molecule has 1 aromatic heterocycles. The fourth-order valence-corrected chi connectivity index (χ4v) is 1.43. The molecular formula is C13H21N3O2. The van der Waals surface area contributed by atoms with Gasteiger partial charge in [0.1, 0.15) is 5.82 Å². The van der Waals surface area contributed by atoms with E-state index in [4.69, 9.17) is 4.74 Å². The molecule has 0 unspecified atom stereocenters. The molecule has 0 saturated carbocycles. The van der Waals surface area contributed by atoms with Crippen molar-refractivity contribution in [3.8, 4) is 0 Å². The molecule has 0 aliphatic carbocycles. The molecule has 0 aromatic carbocycles. The highest BCUT2D eigenvalue weighted by molar-refractivity contribution is 5.94. The van der Waals surface area contributed by atoms with Gasteiger partial charge in [-0.2, -0.15) is 0 Å². The maximum absolute atomic E-state index is 11.8. The van der Waals surface area contributed by atoms with Crippen LogP contribution in [0.4, 0.5) is 5.82 Å². The predicted octanol–water partition coefficient (Wildman–Crippen LogP) is 1.67. The number of methoxy groups -OCH3 is 1. The van der Waals surface area contributed by atoms with Crippen LogP contribution in [0.5, 0.6) is 0 Å². The minimum absolute atomic E-state index is 0.104. The third kappa shape index (κ3) is 5.14. The van der Waals surface area contributed by atoms with E-state index in [-0.39, 0.29) is 5.91 Å². The normalized spacial score (nSPS) is 10.1. The van der Waals surface area contributed by atoms with Crippen LogP contribution in [-0.2, 0) is 4.74 Å². The van der Waals surface area contributed by atoms with Crippen molar-refractivity contribution in [2.45, 2.75) is 19.8 Å². The van der Waals surface area contributed by atoms with E-state index in [2.05, 4.69) is 22.5 Å². The van der Waals surface area contributed by atoms with E-state index in [9.17, 15) is 4.79 Å². The summed E-state index contributed by atoms with van der Waals surface area (Å²) in [5.74, 6) is 0.635. The number of nitrogens with one attached hydrogen (secondary N) is 2. The second kappa shape index (κ2) is 8.47. The quantitative estimate of drug-likeness (QED) is 0.690. The monoisotopic (exact) mass is 251 g/mol. The zero-order valence-electron chi connectivity index (χ0n) is 11.0. The van der Waals surface area contributed by atoms with E-state index in [0.717, 1.165) is 25.2 Å². The Labute approximate surface area is 108 Å². The highest BCUT2D eigenvalue weighted by Gasteiger charge is 2.05. The van der Waals surface area contributed by atoms with Gasteiger partial charge in [-0.15, -0.1) is 0 Å². The molecule has 1 heterocycles. The number of anilines is 1. The predicted molar refractivity (Wildman–Crippen MR) is 71.8 cm³/mol. The fraction of sp³-hybridized carbons (Fsp3) is 0.538. The zero-order valence-corrected chi connectivity index (χ0v) is 11.0. The van der Waals surface area contributed by atoms with Crippen molar-refractivity contribution in [3.63, 3.8) is 0 Å². The smallest absolute Gasteiger partial charge is 0.251 e. The van der Waals surface area contributed by atoms with Gasteiger partial charge in [0, 0.05) is 32.0 Å². The molecule has 2 N–H and O–H groups in total. The summed E-state index contributed by atoms with van der Waals surface area (Å²) in [6, 6.07) is 3.46. The second-order valence-corrected chi connectivity index (χ2v) is 3.96. The van der Waals surface area contributed by atoms with E-state index >= 15 is 0 Å². The highest BCUT2D eigenvalue weighted by atomic mass is 16.5. The molecule has 0 fully saturated rings. The number of amides is 1. The van der Waals surface area contributed by atoms with Gasteiger partial charge in [-0.3, -0.25) is 4.79 Å². The first kappa shape index (κ1) is 14.4. The number of nitrogens with zero attached hydrogens (tertiary/aromatic N) is 1. The summed E-state index contributed by atoms with van der Waals surface area (Å²) in [6.07, 6.45) is 3.86. The molecule has 0 aliphatic rings. The lowest BCUT2D eigenvalue weighted by Gasteiger charge is -2.07. The van der Waals surface area contributed by atoms with Crippen LogP contribution in [0.15, 0.2) is 18.3 Å². The molecule has 1 rings (SSSR count). The SMILES string of the molecule is CCCCNc1cc(C(=O)NCCOC)ccn1. The molecule has 5 heteroatoms. The lowest BCUT2D eigenvalue weighted by Crippen LogP contribution is -2.27. The minimum atomic E-state index is -0.104. The van der Waals surface area contributed by atoms with Gasteiger partial charge >= 0.3 is 0 Å². The van der Waals surface area contributed by atoms with Crippen LogP contribution in [0.2, 0.25) is 0 Å². The Bertz CT molecular complexity index is 369. The van der Waals surface area contributed by atoms with Gasteiger partial charge in [0.2, 0.25) is 0 Å². The fourth-order valence-electron chi connectivity index (χ4n) is 1.43. The number of aromatic nitrogens is 1. The van der Waals surface area contributed by atoms with Gasteiger partial charge in [-0.05, 0) is 18.6 Å². The molecule has 0 aliphatic heterocycles. The Kier molecular flexibility index (Phi) is 6.79. The Morgan fingerprint density at radius 1 is 1.44 bits per heavy atom. The number of carbonyl (C=O) groups is 1. The van der Waals surface area contributed by atoms with E-state index < -0.39 is 0 Å². The standard InChI is InChI=1S/C13H21N3O2/c1-3-4-6-14-12-10-11(5-7-15-12)13(17)16-8-9-18-2/h5,7,10H,3-4,6,8-9H2,1-2H3,(H,14,15)(H,16,17). The number of carbonyl (C=O) groups excluding carboxylic acids is 1. The van der Waals surface area contributed by atoms with Gasteiger partial charge in [0.05, 0.1) is 6.61 Å². The topological polar surface area (TPSA) is 63.2 Å². The summed E-state index contributed by atoms with van der Waals surface area (Å²) in [5.41, 5.74) is 0.611. The van der Waals surface area contributed by atoms with Crippen LogP contribution in [0.3, 0.4) is 0 Å². The van der Waals surface area contributed by atoms with Crippen molar-refractivity contribution < 1.29 is 9.53 Å². The third-order valence-corrected chi connectivity index (χ3v) is 2.45. The lowest BCUT2D eigenvalue weighted by molar-refractivity contribution is 0.0937. The van der Waals surface area contributed by atoms with Gasteiger partial charge in [-0.25, -0.2) is 4.98 Å². The van der Waals surface area contributed by atoms with Crippen molar-refractivity contribution in [2.24, 2.45) is 0 Å². The molecular weight excluding hydrogens is 230 g/mol. The number of pyridine rings is 1. The van der Waals surface area contributed by atoms with Crippen LogP contribution in [0.25, 0.3) is 0 Å². The summed E-state index contributed by atoms with van der Waals surface area (Å²) in [7, 11) is 1.61. The number of unbranched alkanes of at least 4 members (excludes halogenated alkanes) is 1. The molecule has 1 amide bonds. The summed E-state index contributed by atoms with van der Waals surface area (Å²) in [5, 5.41) is 5.97. The molecule has 0 atom stereocenters. The lowest BCUT2D eigenvalue weighted by atomic mass is 10.2. The van der Waals surface area contributed by atoms with Crippen molar-refractivity contribution in [2.75, 3.05) is 32.1 Å². The van der Waals surface area contributed by atoms with Crippen LogP contribution in [-0.4, -0.2) is 37.7 Å². The number of rotatable bonds is 8. The zero-order chi connectivity index (χ0) is 13.2. The first-order valence-corrected chi connectivity index (χ1v) is 6.25. The first-order chi connectivity index (χ1) is 8.77. The van der Waals surface area contributed by atoms with Crippen molar-refractivity contribution in [3.05, 3.63) is 23.9 Å². The molecule has 0 saturated heterocycles. The van der Waals surface area contributed by atoms with E-state index in [0.29, 0.717) is 18.7 Å². The Balaban J connectivity index is 2.49. The van der Waals surface area contributed by atoms with Crippen LogP contribution < -0.4 is 10.6 Å². The maximum Gasteiger partial charge on any atom is 0.251 e. The summed E-state index contributed by atoms with van der Waals surface area (Å²) < 4.78 is 4.88. The molecule has 0 spiro atoms. The number of hydrogen-bond donors (Lipinski definition) is 2. The van der Waals surface area contributed by atoms with Crippen molar-refractivity contribution in [1.29, 1.82) is 0 Å². The van der Waals surface area contributed by atoms with Gasteiger partial charge in [-0.1, -0.05) is 13.3 Å². The summed E-state index contributed by atoms with van der Waals surface area (Å²) in [6.45, 7) is 4.03. The number of hydrogen-bond acceptors (Lipinski definition) is 4. The van der Waals surface area contributed by atoms with Crippen molar-refractivity contribution >= 4 is 11.7 Å². The summed E-state index contributed by atoms with van der Waals surface area (Å²) >= 11 is 0. The van der Waals surface area contributed by atoms with Crippen molar-refractivity contribution in [1.82, 2.24) is 10.3 Å². The van der Waals surface area contributed by atoms with E-state index in [1.54, 1.807) is 25.4 Å². The molecule has 100 valence electrons. The number of ether oxygens (including phenoxy) is 1. The first-order valence-electron chi connectivity index (χ1n) is 6.25. The molecule has 1 aromatic rings. The van der Waals surface area contributed by atoms with Crippen LogP contribution >= 0.6 is 0 Å². The van der Waals surface area contributed by atoms with E-state index in [1.807, 2.05) is 0 Å². The average Bonchev–Trinajstić information content (AvgIpc) is 2.39. The minimum Gasteiger partial charge on any atom is -0.383 e. The van der Waals surface area contributed by atoms with Crippen LogP contribution in [0, 0.1) is 0 Å². The second-order valence-electron chi connectivity index (χ2n) is 3.96. The van der Waals surface area contributed by atoms with Gasteiger partial charge in [0.25, 0.3) is 5.91 Å². The highest BCUT2D eigenvalue weighted by Crippen LogP contribution is 2.07. The maximum atomic E-state index is 11.8.